The summed E-state index contributed by atoms with van der Waals surface area (Å²) in [6.07, 6.45) is 2.74. The molecule has 0 aromatic rings. The third kappa shape index (κ3) is 7.45. The molecule has 0 spiro atoms. The standard InChI is InChI=1S/C10H12O6/c1-2-8(12)16-10(14)5-4-9(13)15-7-3-6-11/h2,4-5,11H,1,3,6-7H2/b5-4-. The topological polar surface area (TPSA) is 89.9 Å². The van der Waals surface area contributed by atoms with E-state index in [-0.39, 0.29) is 13.2 Å². The molecule has 0 aliphatic rings. The molecule has 6 heteroatoms. The Labute approximate surface area is 92.2 Å². The van der Waals surface area contributed by atoms with Gasteiger partial charge in [0.05, 0.1) is 6.61 Å². The van der Waals surface area contributed by atoms with Gasteiger partial charge in [0, 0.05) is 31.3 Å². The highest BCUT2D eigenvalue weighted by atomic mass is 16.6. The normalized spacial score (nSPS) is 9.81. The summed E-state index contributed by atoms with van der Waals surface area (Å²) in [4.78, 5) is 32.2. The fourth-order valence-corrected chi connectivity index (χ4v) is 0.596. The molecule has 0 fully saturated rings. The zero-order valence-electron chi connectivity index (χ0n) is 8.55. The molecule has 88 valence electrons. The van der Waals surface area contributed by atoms with Gasteiger partial charge in [0.15, 0.2) is 0 Å². The van der Waals surface area contributed by atoms with E-state index >= 15 is 0 Å². The number of aliphatic hydroxyl groups excluding tert-OH is 1. The Balaban J connectivity index is 3.88. The molecule has 0 aromatic heterocycles. The summed E-state index contributed by atoms with van der Waals surface area (Å²) < 4.78 is 8.71. The number of hydrogen-bond donors (Lipinski definition) is 1. The lowest BCUT2D eigenvalue weighted by molar-refractivity contribution is -0.152. The summed E-state index contributed by atoms with van der Waals surface area (Å²) in [5.74, 6) is -2.64. The molecule has 0 rings (SSSR count). The smallest absolute Gasteiger partial charge is 0.338 e. The first-order valence-corrected chi connectivity index (χ1v) is 4.44. The van der Waals surface area contributed by atoms with Crippen LogP contribution in [-0.4, -0.2) is 36.2 Å². The number of hydrogen-bond acceptors (Lipinski definition) is 6. The lowest BCUT2D eigenvalue weighted by Gasteiger charge is -1.98. The Bertz CT molecular complexity index is 304. The second-order valence-corrected chi connectivity index (χ2v) is 2.52. The fourth-order valence-electron chi connectivity index (χ4n) is 0.596. The highest BCUT2D eigenvalue weighted by Gasteiger charge is 2.04. The summed E-state index contributed by atoms with van der Waals surface area (Å²) in [6, 6.07) is 0. The molecule has 6 nitrogen and oxygen atoms in total. The van der Waals surface area contributed by atoms with Gasteiger partial charge in [-0.1, -0.05) is 6.58 Å². The zero-order valence-corrected chi connectivity index (χ0v) is 8.55. The van der Waals surface area contributed by atoms with Gasteiger partial charge in [0.2, 0.25) is 0 Å². The number of aliphatic hydroxyl groups is 1. The van der Waals surface area contributed by atoms with Crippen LogP contribution in [0.4, 0.5) is 0 Å². The first-order chi connectivity index (χ1) is 7.60. The van der Waals surface area contributed by atoms with E-state index in [9.17, 15) is 14.4 Å². The Hall–Kier alpha value is -1.95. The summed E-state index contributed by atoms with van der Waals surface area (Å²) in [6.45, 7) is 3.06. The molecule has 0 atom stereocenters. The van der Waals surface area contributed by atoms with Crippen LogP contribution in [0.25, 0.3) is 0 Å². The van der Waals surface area contributed by atoms with Crippen LogP contribution in [0, 0.1) is 0 Å². The zero-order chi connectivity index (χ0) is 12.4. The minimum atomic E-state index is -0.982. The van der Waals surface area contributed by atoms with Gasteiger partial charge in [0.1, 0.15) is 0 Å². The molecule has 0 saturated heterocycles. The average molecular weight is 228 g/mol. The van der Waals surface area contributed by atoms with Crippen molar-refractivity contribution in [3.05, 3.63) is 24.8 Å². The maximum atomic E-state index is 10.9. The van der Waals surface area contributed by atoms with Crippen LogP contribution in [-0.2, 0) is 23.9 Å². The van der Waals surface area contributed by atoms with E-state index in [0.29, 0.717) is 6.42 Å². The van der Waals surface area contributed by atoms with Crippen molar-refractivity contribution in [1.82, 2.24) is 0 Å². The predicted octanol–water partition coefficient (Wildman–Crippen LogP) is -0.276. The average Bonchev–Trinajstić information content (AvgIpc) is 2.26. The van der Waals surface area contributed by atoms with Crippen molar-refractivity contribution in [2.75, 3.05) is 13.2 Å². The van der Waals surface area contributed by atoms with Gasteiger partial charge in [-0.3, -0.25) is 0 Å². The number of ether oxygens (including phenoxy) is 2. The lowest BCUT2D eigenvalue weighted by atomic mass is 10.4. The highest BCUT2D eigenvalue weighted by Crippen LogP contribution is 1.88. The summed E-state index contributed by atoms with van der Waals surface area (Å²) in [5.41, 5.74) is 0. The minimum Gasteiger partial charge on any atom is -0.462 e. The third-order valence-electron chi connectivity index (χ3n) is 1.27. The summed E-state index contributed by atoms with van der Waals surface area (Å²) in [5, 5.41) is 8.39. The van der Waals surface area contributed by atoms with Crippen molar-refractivity contribution in [2.45, 2.75) is 6.42 Å². The molecule has 0 aromatic carbocycles. The van der Waals surface area contributed by atoms with Crippen LogP contribution >= 0.6 is 0 Å². The Morgan fingerprint density at radius 2 is 1.75 bits per heavy atom. The molecule has 0 radical (unpaired) electrons. The SMILES string of the molecule is C=CC(=O)OC(=O)/C=C\C(=O)OCCCO. The number of carbonyl (C=O) groups excluding carboxylic acids is 3. The van der Waals surface area contributed by atoms with Crippen LogP contribution in [0.2, 0.25) is 0 Å². The van der Waals surface area contributed by atoms with E-state index in [1.807, 2.05) is 0 Å². The van der Waals surface area contributed by atoms with Gasteiger partial charge < -0.3 is 14.6 Å². The Kier molecular flexibility index (Phi) is 7.35. The predicted molar refractivity (Wildman–Crippen MR) is 53.1 cm³/mol. The lowest BCUT2D eigenvalue weighted by Crippen LogP contribution is -2.08. The molecule has 16 heavy (non-hydrogen) atoms. The van der Waals surface area contributed by atoms with Crippen molar-refractivity contribution in [2.24, 2.45) is 0 Å². The summed E-state index contributed by atoms with van der Waals surface area (Å²) >= 11 is 0. The van der Waals surface area contributed by atoms with Gasteiger partial charge in [-0.2, -0.15) is 0 Å². The van der Waals surface area contributed by atoms with Crippen molar-refractivity contribution in [3.8, 4) is 0 Å². The molecule has 1 N–H and O–H groups in total. The molecule has 0 bridgehead atoms. The van der Waals surface area contributed by atoms with Crippen LogP contribution in [0.15, 0.2) is 24.8 Å². The van der Waals surface area contributed by atoms with Crippen molar-refractivity contribution < 1.29 is 29.0 Å². The van der Waals surface area contributed by atoms with E-state index in [0.717, 1.165) is 18.2 Å². The largest absolute Gasteiger partial charge is 0.462 e. The first kappa shape index (κ1) is 14.1. The summed E-state index contributed by atoms with van der Waals surface area (Å²) in [7, 11) is 0. The first-order valence-electron chi connectivity index (χ1n) is 4.44. The van der Waals surface area contributed by atoms with Crippen LogP contribution in [0.1, 0.15) is 6.42 Å². The van der Waals surface area contributed by atoms with Crippen LogP contribution < -0.4 is 0 Å². The molecule has 0 saturated carbocycles. The molecule has 0 aliphatic carbocycles. The molecular weight excluding hydrogens is 216 g/mol. The highest BCUT2D eigenvalue weighted by molar-refractivity contribution is 5.98. The maximum Gasteiger partial charge on any atom is 0.338 e. The second-order valence-electron chi connectivity index (χ2n) is 2.52. The number of esters is 3. The van der Waals surface area contributed by atoms with Gasteiger partial charge in [-0.05, 0) is 0 Å². The van der Waals surface area contributed by atoms with E-state index < -0.39 is 17.9 Å². The van der Waals surface area contributed by atoms with Crippen LogP contribution in [0.5, 0.6) is 0 Å². The van der Waals surface area contributed by atoms with Gasteiger partial charge in [0.25, 0.3) is 0 Å². The van der Waals surface area contributed by atoms with Gasteiger partial charge >= 0.3 is 17.9 Å². The maximum absolute atomic E-state index is 10.9. The van der Waals surface area contributed by atoms with Gasteiger partial charge in [-0.15, -0.1) is 0 Å². The quantitative estimate of drug-likeness (QED) is 0.291. The minimum absolute atomic E-state index is 0.0559. The molecule has 0 amide bonds. The van der Waals surface area contributed by atoms with E-state index in [2.05, 4.69) is 16.1 Å². The van der Waals surface area contributed by atoms with E-state index in [4.69, 9.17) is 5.11 Å². The molecular formula is C10H12O6. The van der Waals surface area contributed by atoms with Crippen molar-refractivity contribution in [3.63, 3.8) is 0 Å². The monoisotopic (exact) mass is 228 g/mol. The van der Waals surface area contributed by atoms with Gasteiger partial charge in [-0.25, -0.2) is 14.4 Å². The number of rotatable bonds is 6. The van der Waals surface area contributed by atoms with Crippen molar-refractivity contribution in [1.29, 1.82) is 0 Å². The molecule has 0 heterocycles. The van der Waals surface area contributed by atoms with Crippen molar-refractivity contribution >= 4 is 17.9 Å². The Morgan fingerprint density at radius 1 is 1.12 bits per heavy atom. The Morgan fingerprint density at radius 3 is 2.31 bits per heavy atom. The number of carbonyl (C=O) groups is 3. The second kappa shape index (κ2) is 8.37. The fraction of sp³-hybridized carbons (Fsp3) is 0.300. The molecule has 0 aliphatic heterocycles. The van der Waals surface area contributed by atoms with E-state index in [1.54, 1.807) is 0 Å². The third-order valence-corrected chi connectivity index (χ3v) is 1.27. The van der Waals surface area contributed by atoms with E-state index in [1.165, 1.54) is 0 Å². The van der Waals surface area contributed by atoms with Crippen LogP contribution in [0.3, 0.4) is 0 Å². The molecule has 0 unspecified atom stereocenters.